The molecule has 0 saturated heterocycles. The van der Waals surface area contributed by atoms with Gasteiger partial charge in [-0.2, -0.15) is 0 Å². The third-order valence-corrected chi connectivity index (χ3v) is 16.6. The van der Waals surface area contributed by atoms with Crippen LogP contribution in [-0.4, -0.2) is 8.07 Å². The van der Waals surface area contributed by atoms with E-state index < -0.39 is 8.07 Å². The van der Waals surface area contributed by atoms with Crippen molar-refractivity contribution in [3.05, 3.63) is 260 Å². The summed E-state index contributed by atoms with van der Waals surface area (Å²) in [5.41, 5.74) is 14.6. The van der Waals surface area contributed by atoms with Gasteiger partial charge in [0.25, 0.3) is 0 Å². The van der Waals surface area contributed by atoms with E-state index in [1.165, 1.54) is 87.5 Å². The molecule has 1 aliphatic rings. The van der Waals surface area contributed by atoms with Gasteiger partial charge in [0, 0.05) is 0 Å². The molecule has 284 valence electrons. The number of hydrogen-bond acceptors (Lipinski definition) is 0. The average Bonchev–Trinajstić information content (AvgIpc) is 3.89. The molecule has 60 heavy (non-hydrogen) atoms. The number of hydrogen-bond donors (Lipinski definition) is 0. The van der Waals surface area contributed by atoms with Crippen molar-refractivity contribution in [1.82, 2.24) is 0 Å². The summed E-state index contributed by atoms with van der Waals surface area (Å²) in [6.45, 7) is 0. The van der Waals surface area contributed by atoms with E-state index in [-0.39, 0.29) is 0 Å². The molecule has 0 N–H and O–H groups in total. The van der Waals surface area contributed by atoms with Crippen LogP contribution in [-0.2, 0) is 0 Å². The van der Waals surface area contributed by atoms with Crippen molar-refractivity contribution in [2.24, 2.45) is 0 Å². The molecule has 0 radical (unpaired) electrons. The molecule has 0 spiro atoms. The van der Waals surface area contributed by atoms with Gasteiger partial charge in [0.05, 0.1) is 0 Å². The van der Waals surface area contributed by atoms with E-state index >= 15 is 0 Å². The van der Waals surface area contributed by atoms with Gasteiger partial charge in [-0.25, -0.2) is 0 Å². The maximum atomic E-state index is 2.52. The molecule has 0 aliphatic heterocycles. The number of allylic oxidation sites excluding steroid dienone is 4. The van der Waals surface area contributed by atoms with E-state index in [4.69, 9.17) is 0 Å². The molecular weight excluding hydrogens is 737 g/mol. The SMILES string of the molecule is C1=CC([Si](c2cc(-c3ccccc3)cc(-c3ccccc3)c2)(c2cc(-c3ccccc3)cc(-c3ccccc3)c2)c2cc(-c3ccccc3)cc(-c3ccccc3)c2)=CC1. The summed E-state index contributed by atoms with van der Waals surface area (Å²) in [5.74, 6) is 0. The Morgan fingerprint density at radius 3 is 0.683 bits per heavy atom. The fourth-order valence-corrected chi connectivity index (χ4v) is 14.1. The highest BCUT2D eigenvalue weighted by Gasteiger charge is 2.44. The van der Waals surface area contributed by atoms with Crippen LogP contribution < -0.4 is 15.6 Å². The normalized spacial score (nSPS) is 12.3. The molecule has 9 aromatic carbocycles. The first kappa shape index (κ1) is 37.0. The largest absolute Gasteiger partial charge is 0.179 e. The van der Waals surface area contributed by atoms with Crippen LogP contribution in [0.15, 0.2) is 260 Å². The Labute approximate surface area is 355 Å². The van der Waals surface area contributed by atoms with Crippen molar-refractivity contribution in [3.8, 4) is 66.8 Å². The molecule has 0 heterocycles. The van der Waals surface area contributed by atoms with Crippen LogP contribution in [0.5, 0.6) is 0 Å². The van der Waals surface area contributed by atoms with E-state index in [0.29, 0.717) is 0 Å². The van der Waals surface area contributed by atoms with Crippen LogP contribution in [0.25, 0.3) is 66.8 Å². The molecule has 0 fully saturated rings. The van der Waals surface area contributed by atoms with Crippen molar-refractivity contribution < 1.29 is 0 Å². The number of benzene rings is 9. The van der Waals surface area contributed by atoms with Crippen LogP contribution in [0.3, 0.4) is 0 Å². The zero-order valence-corrected chi connectivity index (χ0v) is 34.5. The lowest BCUT2D eigenvalue weighted by Gasteiger charge is -2.37. The third-order valence-electron chi connectivity index (χ3n) is 11.9. The van der Waals surface area contributed by atoms with Crippen molar-refractivity contribution in [3.63, 3.8) is 0 Å². The summed E-state index contributed by atoms with van der Waals surface area (Å²) in [5, 5.41) is 5.47. The second-order valence-corrected chi connectivity index (χ2v) is 19.5. The monoisotopic (exact) mass is 780 g/mol. The van der Waals surface area contributed by atoms with Gasteiger partial charge in [0.15, 0.2) is 8.07 Å². The molecule has 0 nitrogen and oxygen atoms in total. The maximum absolute atomic E-state index is 3.20. The van der Waals surface area contributed by atoms with Gasteiger partial charge >= 0.3 is 0 Å². The van der Waals surface area contributed by atoms with Crippen molar-refractivity contribution in [2.75, 3.05) is 0 Å². The van der Waals surface area contributed by atoms with Gasteiger partial charge in [-0.1, -0.05) is 237 Å². The van der Waals surface area contributed by atoms with Crippen molar-refractivity contribution in [2.45, 2.75) is 6.42 Å². The summed E-state index contributed by atoms with van der Waals surface area (Å²) < 4.78 is 0. The Bertz CT molecular complexity index is 2470. The van der Waals surface area contributed by atoms with Gasteiger partial charge in [-0.05, 0) is 112 Å². The third kappa shape index (κ3) is 7.21. The highest BCUT2D eigenvalue weighted by Crippen LogP contribution is 2.35. The first-order valence-electron chi connectivity index (χ1n) is 20.9. The quantitative estimate of drug-likeness (QED) is 0.0958. The highest BCUT2D eigenvalue weighted by atomic mass is 28.3. The molecular formula is C59H44Si. The van der Waals surface area contributed by atoms with Crippen LogP contribution in [0.4, 0.5) is 0 Å². The lowest BCUT2D eigenvalue weighted by Crippen LogP contribution is -2.68. The van der Waals surface area contributed by atoms with Crippen LogP contribution >= 0.6 is 0 Å². The van der Waals surface area contributed by atoms with E-state index in [1.807, 2.05) is 0 Å². The fourth-order valence-electron chi connectivity index (χ4n) is 9.05. The summed E-state index contributed by atoms with van der Waals surface area (Å²) in [4.78, 5) is 0. The summed E-state index contributed by atoms with van der Waals surface area (Å²) in [6, 6.07) is 87.8. The molecule has 1 aliphatic carbocycles. The van der Waals surface area contributed by atoms with Crippen LogP contribution in [0.2, 0.25) is 0 Å². The molecule has 0 amide bonds. The summed E-state index contributed by atoms with van der Waals surface area (Å²) >= 11 is 0. The van der Waals surface area contributed by atoms with Crippen LogP contribution in [0, 0.1) is 0 Å². The van der Waals surface area contributed by atoms with Gasteiger partial charge < -0.3 is 0 Å². The first-order valence-corrected chi connectivity index (χ1v) is 22.9. The first-order chi connectivity index (χ1) is 29.7. The smallest absolute Gasteiger partial charge is 0.0808 e. The fraction of sp³-hybridized carbons (Fsp3) is 0.0169. The zero-order chi connectivity index (χ0) is 40.1. The molecule has 0 saturated carbocycles. The van der Waals surface area contributed by atoms with Gasteiger partial charge in [-0.3, -0.25) is 0 Å². The zero-order valence-electron chi connectivity index (χ0n) is 33.5. The molecule has 10 rings (SSSR count). The lowest BCUT2D eigenvalue weighted by atomic mass is 9.98. The standard InChI is InChI=1S/C59H44Si/c1-7-21-44(22-8-1)50-35-51(45-23-9-2-10-24-45)39-57(38-50)60(56-33-19-20-34-56,58-40-52(46-25-11-3-12-26-46)36-53(41-58)47-27-13-4-14-28-47)59-42-54(48-29-15-5-16-30-48)37-55(43-59)49-31-17-6-18-32-49/h1-19,21-43H,20H2. The highest BCUT2D eigenvalue weighted by molar-refractivity contribution is 7.16. The van der Waals surface area contributed by atoms with E-state index in [2.05, 4.69) is 255 Å². The van der Waals surface area contributed by atoms with Gasteiger partial charge in [0.1, 0.15) is 0 Å². The average molecular weight is 781 g/mol. The van der Waals surface area contributed by atoms with Crippen molar-refractivity contribution in [1.29, 1.82) is 0 Å². The van der Waals surface area contributed by atoms with E-state index in [9.17, 15) is 0 Å². The van der Waals surface area contributed by atoms with Gasteiger partial charge in [0.2, 0.25) is 0 Å². The topological polar surface area (TPSA) is 0 Å². The molecule has 1 heteroatoms. The predicted molar refractivity (Wildman–Crippen MR) is 258 cm³/mol. The van der Waals surface area contributed by atoms with Crippen molar-refractivity contribution >= 4 is 23.6 Å². The molecule has 0 bridgehead atoms. The van der Waals surface area contributed by atoms with Gasteiger partial charge in [-0.15, -0.1) is 0 Å². The molecule has 9 aromatic rings. The number of rotatable bonds is 10. The van der Waals surface area contributed by atoms with E-state index in [0.717, 1.165) is 6.42 Å². The minimum Gasteiger partial charge on any atom is -0.0808 e. The molecule has 0 aromatic heterocycles. The summed E-state index contributed by atoms with van der Waals surface area (Å²) in [6.07, 6.45) is 8.22. The molecule has 0 atom stereocenters. The second-order valence-electron chi connectivity index (χ2n) is 15.6. The lowest BCUT2D eigenvalue weighted by molar-refractivity contribution is 1.44. The Balaban J connectivity index is 1.39. The summed E-state index contributed by atoms with van der Waals surface area (Å²) in [7, 11) is -3.20. The van der Waals surface area contributed by atoms with E-state index in [1.54, 1.807) is 0 Å². The second kappa shape index (κ2) is 16.5. The Hall–Kier alpha value is -7.32. The maximum Gasteiger partial charge on any atom is 0.179 e. The Kier molecular flexibility index (Phi) is 10.2. The van der Waals surface area contributed by atoms with Crippen LogP contribution in [0.1, 0.15) is 6.42 Å². The Morgan fingerprint density at radius 2 is 0.483 bits per heavy atom. The minimum absolute atomic E-state index is 0.905. The molecule has 0 unspecified atom stereocenters. The predicted octanol–water partition coefficient (Wildman–Crippen LogP) is 13.6. The Morgan fingerprint density at radius 1 is 0.250 bits per heavy atom. The minimum atomic E-state index is -3.20.